The first-order chi connectivity index (χ1) is 9.81. The van der Waals surface area contributed by atoms with Crippen molar-refractivity contribution in [1.82, 2.24) is 10.6 Å². The van der Waals surface area contributed by atoms with Crippen LogP contribution in [0.4, 0.5) is 5.69 Å². The lowest BCUT2D eigenvalue weighted by Gasteiger charge is -2.19. The largest absolute Gasteiger partial charge is 0.371 e. The number of nitrogens with one attached hydrogen (secondary N) is 2. The minimum absolute atomic E-state index is 0.0975. The molecule has 0 aromatic heterocycles. The maximum Gasteiger partial charge on any atom is 0.233 e. The molecule has 20 heavy (non-hydrogen) atoms. The van der Waals surface area contributed by atoms with Crippen molar-refractivity contribution in [2.45, 2.75) is 26.2 Å². The minimum Gasteiger partial charge on any atom is -0.371 e. The van der Waals surface area contributed by atoms with Crippen LogP contribution >= 0.6 is 0 Å². The smallest absolute Gasteiger partial charge is 0.233 e. The highest BCUT2D eigenvalue weighted by molar-refractivity contribution is 5.77. The maximum absolute atomic E-state index is 11.5. The topological polar surface area (TPSA) is 44.4 Å². The molecule has 0 unspecified atom stereocenters. The number of benzene rings is 1. The third kappa shape index (κ3) is 4.23. The van der Waals surface area contributed by atoms with Crippen LogP contribution in [0.3, 0.4) is 0 Å². The van der Waals surface area contributed by atoms with Crippen molar-refractivity contribution in [1.29, 1.82) is 0 Å². The van der Waals surface area contributed by atoms with Gasteiger partial charge in [-0.1, -0.05) is 25.1 Å². The number of hydrogen-bond acceptors (Lipinski definition) is 3. The van der Waals surface area contributed by atoms with Crippen molar-refractivity contribution >= 4 is 11.6 Å². The van der Waals surface area contributed by atoms with E-state index in [2.05, 4.69) is 46.7 Å². The summed E-state index contributed by atoms with van der Waals surface area (Å²) >= 11 is 0. The second-order valence-electron chi connectivity index (χ2n) is 5.25. The lowest BCUT2D eigenvalue weighted by Crippen LogP contribution is -2.35. The van der Waals surface area contributed by atoms with Gasteiger partial charge in [0.2, 0.25) is 5.91 Å². The molecule has 2 N–H and O–H groups in total. The molecule has 0 saturated carbocycles. The molecule has 1 aliphatic heterocycles. The van der Waals surface area contributed by atoms with E-state index >= 15 is 0 Å². The third-order valence-corrected chi connectivity index (χ3v) is 3.62. The average Bonchev–Trinajstić information content (AvgIpc) is 2.87. The van der Waals surface area contributed by atoms with Crippen molar-refractivity contribution in [3.63, 3.8) is 0 Å². The molecule has 0 atom stereocenters. The fourth-order valence-electron chi connectivity index (χ4n) is 2.58. The van der Waals surface area contributed by atoms with Crippen LogP contribution in [0.2, 0.25) is 0 Å². The van der Waals surface area contributed by atoms with E-state index in [9.17, 15) is 4.79 Å². The Morgan fingerprint density at radius 3 is 3.00 bits per heavy atom. The zero-order valence-corrected chi connectivity index (χ0v) is 12.3. The van der Waals surface area contributed by atoms with Gasteiger partial charge in [0.15, 0.2) is 0 Å². The molecule has 4 heteroatoms. The SMILES string of the molecule is CCCNCC(=O)NCCCN1CCc2ccccc21. The lowest BCUT2D eigenvalue weighted by molar-refractivity contribution is -0.120. The first-order valence-corrected chi connectivity index (χ1v) is 7.61. The van der Waals surface area contributed by atoms with E-state index < -0.39 is 0 Å². The summed E-state index contributed by atoms with van der Waals surface area (Å²) < 4.78 is 0. The number of fused-ring (bicyclic) bond motifs is 1. The number of para-hydroxylation sites is 1. The molecule has 0 aliphatic carbocycles. The predicted molar refractivity (Wildman–Crippen MR) is 83.1 cm³/mol. The van der Waals surface area contributed by atoms with Gasteiger partial charge in [-0.3, -0.25) is 4.79 Å². The predicted octanol–water partition coefficient (Wildman–Crippen LogP) is 1.56. The average molecular weight is 275 g/mol. The first-order valence-electron chi connectivity index (χ1n) is 7.61. The van der Waals surface area contributed by atoms with Crippen LogP contribution < -0.4 is 15.5 Å². The molecule has 1 aliphatic rings. The number of anilines is 1. The number of rotatable bonds is 8. The number of carbonyl (C=O) groups is 1. The quantitative estimate of drug-likeness (QED) is 0.708. The van der Waals surface area contributed by atoms with E-state index in [1.165, 1.54) is 11.3 Å². The third-order valence-electron chi connectivity index (χ3n) is 3.62. The molecule has 0 radical (unpaired) electrons. The molecule has 1 aromatic carbocycles. The Labute approximate surface area is 121 Å². The van der Waals surface area contributed by atoms with Gasteiger partial charge < -0.3 is 15.5 Å². The number of amides is 1. The van der Waals surface area contributed by atoms with Crippen LogP contribution in [0.1, 0.15) is 25.3 Å². The Kier molecular flexibility index (Phi) is 5.87. The Morgan fingerprint density at radius 2 is 2.15 bits per heavy atom. The highest BCUT2D eigenvalue weighted by Crippen LogP contribution is 2.26. The number of hydrogen-bond donors (Lipinski definition) is 2. The van der Waals surface area contributed by atoms with Crippen LogP contribution in [0.15, 0.2) is 24.3 Å². The van der Waals surface area contributed by atoms with Gasteiger partial charge in [0, 0.05) is 25.3 Å². The Hall–Kier alpha value is -1.55. The molecule has 1 amide bonds. The Balaban J connectivity index is 1.61. The molecule has 1 heterocycles. The highest BCUT2D eigenvalue weighted by Gasteiger charge is 2.17. The molecule has 2 rings (SSSR count). The van der Waals surface area contributed by atoms with Gasteiger partial charge in [-0.25, -0.2) is 0 Å². The normalized spacial score (nSPS) is 13.3. The van der Waals surface area contributed by atoms with Crippen molar-refractivity contribution in [2.75, 3.05) is 37.6 Å². The van der Waals surface area contributed by atoms with Crippen molar-refractivity contribution < 1.29 is 4.79 Å². The summed E-state index contributed by atoms with van der Waals surface area (Å²) in [7, 11) is 0. The van der Waals surface area contributed by atoms with Crippen LogP contribution in [-0.4, -0.2) is 38.6 Å². The van der Waals surface area contributed by atoms with Gasteiger partial charge in [-0.2, -0.15) is 0 Å². The van der Waals surface area contributed by atoms with E-state index in [-0.39, 0.29) is 5.91 Å². The summed E-state index contributed by atoms with van der Waals surface area (Å²) in [6, 6.07) is 8.59. The molecule has 1 aromatic rings. The summed E-state index contributed by atoms with van der Waals surface area (Å²) in [5.41, 5.74) is 2.81. The van der Waals surface area contributed by atoms with E-state index in [1.54, 1.807) is 0 Å². The van der Waals surface area contributed by atoms with Crippen molar-refractivity contribution in [2.24, 2.45) is 0 Å². The van der Waals surface area contributed by atoms with Gasteiger partial charge in [-0.15, -0.1) is 0 Å². The van der Waals surface area contributed by atoms with E-state index in [0.717, 1.165) is 45.4 Å². The van der Waals surface area contributed by atoms with E-state index in [1.807, 2.05) is 0 Å². The first kappa shape index (κ1) is 14.9. The Bertz CT molecular complexity index is 433. The van der Waals surface area contributed by atoms with Crippen molar-refractivity contribution in [3.8, 4) is 0 Å². The van der Waals surface area contributed by atoms with Gasteiger partial charge >= 0.3 is 0 Å². The molecule has 0 bridgehead atoms. The monoisotopic (exact) mass is 275 g/mol. The van der Waals surface area contributed by atoms with Crippen molar-refractivity contribution in [3.05, 3.63) is 29.8 Å². The zero-order valence-electron chi connectivity index (χ0n) is 12.3. The molecule has 0 fully saturated rings. The highest BCUT2D eigenvalue weighted by atomic mass is 16.1. The second-order valence-corrected chi connectivity index (χ2v) is 5.25. The molecule has 110 valence electrons. The summed E-state index contributed by atoms with van der Waals surface area (Å²) in [6.07, 6.45) is 3.19. The molecular weight excluding hydrogens is 250 g/mol. The fourth-order valence-corrected chi connectivity index (χ4v) is 2.58. The van der Waals surface area contributed by atoms with E-state index in [0.29, 0.717) is 6.54 Å². The van der Waals surface area contributed by atoms with Crippen LogP contribution in [0.25, 0.3) is 0 Å². The molecular formula is C16H25N3O. The van der Waals surface area contributed by atoms with Gasteiger partial charge in [0.25, 0.3) is 0 Å². The fraction of sp³-hybridized carbons (Fsp3) is 0.562. The van der Waals surface area contributed by atoms with Crippen LogP contribution in [0.5, 0.6) is 0 Å². The molecule has 0 saturated heterocycles. The summed E-state index contributed by atoms with van der Waals surface area (Å²) in [5.74, 6) is 0.0975. The number of nitrogens with zero attached hydrogens (tertiary/aromatic N) is 1. The summed E-state index contributed by atoms with van der Waals surface area (Å²) in [4.78, 5) is 13.9. The molecule has 4 nitrogen and oxygen atoms in total. The summed E-state index contributed by atoms with van der Waals surface area (Å²) in [6.45, 7) is 6.30. The number of carbonyl (C=O) groups excluding carboxylic acids is 1. The van der Waals surface area contributed by atoms with Gasteiger partial charge in [0.1, 0.15) is 0 Å². The zero-order chi connectivity index (χ0) is 14.2. The molecule has 0 spiro atoms. The standard InChI is InChI=1S/C16H25N3O/c1-2-9-17-13-16(20)18-10-5-11-19-12-8-14-6-3-4-7-15(14)19/h3-4,6-7,17H,2,5,8-13H2,1H3,(H,18,20). The van der Waals surface area contributed by atoms with Crippen LogP contribution in [-0.2, 0) is 11.2 Å². The van der Waals surface area contributed by atoms with Gasteiger partial charge in [-0.05, 0) is 37.4 Å². The Morgan fingerprint density at radius 1 is 1.30 bits per heavy atom. The maximum atomic E-state index is 11.5. The summed E-state index contributed by atoms with van der Waals surface area (Å²) in [5, 5.41) is 6.07. The van der Waals surface area contributed by atoms with E-state index in [4.69, 9.17) is 0 Å². The minimum atomic E-state index is 0.0975. The second kappa shape index (κ2) is 7.90. The van der Waals surface area contributed by atoms with Crippen LogP contribution in [0, 0.1) is 0 Å². The van der Waals surface area contributed by atoms with Gasteiger partial charge in [0.05, 0.1) is 6.54 Å². The lowest BCUT2D eigenvalue weighted by atomic mass is 10.2.